The second kappa shape index (κ2) is 7.72. The Labute approximate surface area is 153 Å². The molecule has 0 aliphatic carbocycles. The minimum absolute atomic E-state index is 0.0561. The van der Waals surface area contributed by atoms with E-state index in [-0.39, 0.29) is 23.8 Å². The van der Waals surface area contributed by atoms with Gasteiger partial charge in [-0.1, -0.05) is 23.4 Å². The number of carbonyl (C=O) groups is 2. The van der Waals surface area contributed by atoms with Crippen molar-refractivity contribution in [1.82, 2.24) is 15.4 Å². The molecule has 1 atom stereocenters. The Balaban J connectivity index is 1.55. The SMILES string of the molecule is Cc1noc(C)c1[C@@H](C)C(=O)N1CCC(NC(=O)c2ccccc2)CC1. The molecule has 0 spiro atoms. The van der Waals surface area contributed by atoms with E-state index in [4.69, 9.17) is 4.52 Å². The van der Waals surface area contributed by atoms with Crippen LogP contribution in [0, 0.1) is 13.8 Å². The molecular formula is C20H25N3O3. The fraction of sp³-hybridized carbons (Fsp3) is 0.450. The number of hydrogen-bond acceptors (Lipinski definition) is 4. The molecule has 0 radical (unpaired) electrons. The van der Waals surface area contributed by atoms with Gasteiger partial charge in [-0.2, -0.15) is 0 Å². The number of likely N-dealkylation sites (tertiary alicyclic amines) is 1. The molecule has 1 fully saturated rings. The highest BCUT2D eigenvalue weighted by Crippen LogP contribution is 2.26. The molecule has 0 bridgehead atoms. The number of aromatic nitrogens is 1. The Hall–Kier alpha value is -2.63. The second-order valence-electron chi connectivity index (χ2n) is 6.90. The third-order valence-electron chi connectivity index (χ3n) is 5.07. The number of aryl methyl sites for hydroxylation is 2. The van der Waals surface area contributed by atoms with Crippen LogP contribution in [0.2, 0.25) is 0 Å². The fourth-order valence-electron chi connectivity index (χ4n) is 3.61. The molecule has 1 N–H and O–H groups in total. The lowest BCUT2D eigenvalue weighted by Gasteiger charge is -2.34. The maximum Gasteiger partial charge on any atom is 0.251 e. The number of benzene rings is 1. The highest BCUT2D eigenvalue weighted by molar-refractivity contribution is 5.94. The predicted octanol–water partition coefficient (Wildman–Crippen LogP) is 2.82. The maximum absolute atomic E-state index is 12.8. The molecule has 2 amide bonds. The zero-order valence-electron chi connectivity index (χ0n) is 15.5. The Morgan fingerprint density at radius 1 is 1.19 bits per heavy atom. The van der Waals surface area contributed by atoms with Crippen LogP contribution in [-0.4, -0.2) is 41.0 Å². The minimum atomic E-state index is -0.267. The first-order valence-electron chi connectivity index (χ1n) is 9.05. The van der Waals surface area contributed by atoms with Crippen LogP contribution >= 0.6 is 0 Å². The highest BCUT2D eigenvalue weighted by Gasteiger charge is 2.30. The summed E-state index contributed by atoms with van der Waals surface area (Å²) in [6, 6.07) is 9.30. The van der Waals surface area contributed by atoms with Crippen LogP contribution in [0.1, 0.15) is 53.1 Å². The van der Waals surface area contributed by atoms with Crippen LogP contribution in [0.15, 0.2) is 34.9 Å². The van der Waals surface area contributed by atoms with Gasteiger partial charge in [0.2, 0.25) is 5.91 Å². The number of piperidine rings is 1. The molecule has 1 saturated heterocycles. The summed E-state index contributed by atoms with van der Waals surface area (Å²) in [5, 5.41) is 7.01. The van der Waals surface area contributed by atoms with Gasteiger partial charge >= 0.3 is 0 Å². The first-order chi connectivity index (χ1) is 12.5. The van der Waals surface area contributed by atoms with E-state index >= 15 is 0 Å². The van der Waals surface area contributed by atoms with Crippen molar-refractivity contribution in [2.24, 2.45) is 0 Å². The number of amides is 2. The molecule has 0 saturated carbocycles. The summed E-state index contributed by atoms with van der Waals surface area (Å²) in [6.45, 7) is 6.89. The van der Waals surface area contributed by atoms with Gasteiger partial charge < -0.3 is 14.7 Å². The normalized spacial score (nSPS) is 16.3. The van der Waals surface area contributed by atoms with E-state index in [1.54, 1.807) is 12.1 Å². The van der Waals surface area contributed by atoms with Crippen LogP contribution < -0.4 is 5.32 Å². The monoisotopic (exact) mass is 355 g/mol. The zero-order chi connectivity index (χ0) is 18.7. The number of rotatable bonds is 4. The van der Waals surface area contributed by atoms with Gasteiger partial charge in [0.05, 0.1) is 11.6 Å². The summed E-state index contributed by atoms with van der Waals surface area (Å²) >= 11 is 0. The molecule has 0 unspecified atom stereocenters. The number of hydrogen-bond donors (Lipinski definition) is 1. The summed E-state index contributed by atoms with van der Waals surface area (Å²) in [4.78, 5) is 27.0. The molecule has 138 valence electrons. The number of nitrogens with zero attached hydrogens (tertiary/aromatic N) is 2. The van der Waals surface area contributed by atoms with Gasteiger partial charge in [0.15, 0.2) is 0 Å². The number of nitrogens with one attached hydrogen (secondary N) is 1. The minimum Gasteiger partial charge on any atom is -0.361 e. The molecule has 1 aliphatic heterocycles. The van der Waals surface area contributed by atoms with Gasteiger partial charge in [0, 0.05) is 30.3 Å². The molecule has 6 nitrogen and oxygen atoms in total. The van der Waals surface area contributed by atoms with Crippen LogP contribution in [-0.2, 0) is 4.79 Å². The molecule has 1 aromatic heterocycles. The molecule has 1 aromatic carbocycles. The molecule has 3 rings (SSSR count). The average molecular weight is 355 g/mol. The van der Waals surface area contributed by atoms with Crippen molar-refractivity contribution in [3.8, 4) is 0 Å². The smallest absolute Gasteiger partial charge is 0.251 e. The van der Waals surface area contributed by atoms with Gasteiger partial charge in [-0.15, -0.1) is 0 Å². The fourth-order valence-corrected chi connectivity index (χ4v) is 3.61. The van der Waals surface area contributed by atoms with Crippen molar-refractivity contribution >= 4 is 11.8 Å². The van der Waals surface area contributed by atoms with Gasteiger partial charge in [-0.3, -0.25) is 9.59 Å². The lowest BCUT2D eigenvalue weighted by atomic mass is 9.96. The third kappa shape index (κ3) is 3.79. The standard InChI is InChI=1S/C20H25N3O3/c1-13(18-14(2)22-26-15(18)3)20(25)23-11-9-17(10-12-23)21-19(24)16-7-5-4-6-8-16/h4-8,13,17H,9-12H2,1-3H3,(H,21,24)/t13-/m1/s1. The van der Waals surface area contributed by atoms with Gasteiger partial charge in [0.1, 0.15) is 5.76 Å². The lowest BCUT2D eigenvalue weighted by molar-refractivity contribution is -0.133. The topological polar surface area (TPSA) is 75.4 Å². The zero-order valence-corrected chi connectivity index (χ0v) is 15.5. The van der Waals surface area contributed by atoms with Crippen molar-refractivity contribution in [2.45, 2.75) is 45.6 Å². The first kappa shape index (κ1) is 18.2. The van der Waals surface area contributed by atoms with Crippen molar-refractivity contribution in [3.63, 3.8) is 0 Å². The van der Waals surface area contributed by atoms with Crippen molar-refractivity contribution < 1.29 is 14.1 Å². The summed E-state index contributed by atoms with van der Waals surface area (Å²) in [6.07, 6.45) is 1.53. The molecule has 6 heteroatoms. The molecule has 2 aromatic rings. The van der Waals surface area contributed by atoms with E-state index in [2.05, 4.69) is 10.5 Å². The van der Waals surface area contributed by atoms with E-state index in [0.29, 0.717) is 24.4 Å². The van der Waals surface area contributed by atoms with Crippen LogP contribution in [0.25, 0.3) is 0 Å². The van der Waals surface area contributed by atoms with E-state index in [0.717, 1.165) is 24.1 Å². The molecule has 26 heavy (non-hydrogen) atoms. The van der Waals surface area contributed by atoms with Crippen LogP contribution in [0.4, 0.5) is 0 Å². The Morgan fingerprint density at radius 2 is 1.85 bits per heavy atom. The van der Waals surface area contributed by atoms with E-state index in [1.165, 1.54) is 0 Å². The van der Waals surface area contributed by atoms with Crippen molar-refractivity contribution in [1.29, 1.82) is 0 Å². The van der Waals surface area contributed by atoms with Gasteiger partial charge in [-0.05, 0) is 45.7 Å². The second-order valence-corrected chi connectivity index (χ2v) is 6.90. The quantitative estimate of drug-likeness (QED) is 0.915. The summed E-state index contributed by atoms with van der Waals surface area (Å²) in [5.74, 6) is 0.469. The van der Waals surface area contributed by atoms with E-state index in [1.807, 2.05) is 43.9 Å². The van der Waals surface area contributed by atoms with Crippen molar-refractivity contribution in [2.75, 3.05) is 13.1 Å². The van der Waals surface area contributed by atoms with Crippen LogP contribution in [0.3, 0.4) is 0 Å². The van der Waals surface area contributed by atoms with Gasteiger partial charge in [-0.25, -0.2) is 0 Å². The summed E-state index contributed by atoms with van der Waals surface area (Å²) in [5.41, 5.74) is 2.32. The van der Waals surface area contributed by atoms with E-state index in [9.17, 15) is 9.59 Å². The third-order valence-corrected chi connectivity index (χ3v) is 5.07. The molecule has 2 heterocycles. The maximum atomic E-state index is 12.8. The summed E-state index contributed by atoms with van der Waals surface area (Å²) < 4.78 is 5.19. The first-order valence-corrected chi connectivity index (χ1v) is 9.05. The Kier molecular flexibility index (Phi) is 5.40. The van der Waals surface area contributed by atoms with Crippen LogP contribution in [0.5, 0.6) is 0 Å². The number of carbonyl (C=O) groups excluding carboxylic acids is 2. The summed E-state index contributed by atoms with van der Waals surface area (Å²) in [7, 11) is 0. The molecule has 1 aliphatic rings. The van der Waals surface area contributed by atoms with Crippen molar-refractivity contribution in [3.05, 3.63) is 52.9 Å². The Morgan fingerprint density at radius 3 is 2.42 bits per heavy atom. The predicted molar refractivity (Wildman–Crippen MR) is 97.9 cm³/mol. The largest absolute Gasteiger partial charge is 0.361 e. The highest BCUT2D eigenvalue weighted by atomic mass is 16.5. The van der Waals surface area contributed by atoms with Gasteiger partial charge in [0.25, 0.3) is 5.91 Å². The average Bonchev–Trinajstić information content (AvgIpc) is 3.00. The van der Waals surface area contributed by atoms with E-state index < -0.39 is 0 Å². The Bertz CT molecular complexity index is 757. The molecular weight excluding hydrogens is 330 g/mol. The lowest BCUT2D eigenvalue weighted by Crippen LogP contribution is -2.47.